The maximum atomic E-state index is 13.6. The van der Waals surface area contributed by atoms with E-state index >= 15 is 0 Å². The van der Waals surface area contributed by atoms with Gasteiger partial charge in [0.2, 0.25) is 0 Å². The van der Waals surface area contributed by atoms with Crippen molar-refractivity contribution in [3.05, 3.63) is 79.9 Å². The Hall–Kier alpha value is -3.06. The van der Waals surface area contributed by atoms with Crippen LogP contribution < -0.4 is 0 Å². The summed E-state index contributed by atoms with van der Waals surface area (Å²) in [6.45, 7) is 20.2. The number of nitro benzene ring substituents is 2. The average molecular weight is 693 g/mol. The number of nitro groups is 2. The standard InChI is InChI=1S/C32H48N2O11Si2/c1-31(2,3)46(7,8)44-27-25(36)24(35)26(43-30(37)21-16-22(33(38)39)18-23(17-21)34(40)41)29(45-47(9,10)32(4,5)6)28(27)42-19-20-14-12-11-13-15-20/h11-18,24-29,35-36H,19H2,1-10H3/t24-,25+,26-,27-,28+,29+/m1/s1. The molecule has 260 valence electrons. The van der Waals surface area contributed by atoms with Crippen molar-refractivity contribution in [2.24, 2.45) is 0 Å². The van der Waals surface area contributed by atoms with Gasteiger partial charge in [0.1, 0.15) is 30.5 Å². The number of aliphatic hydroxyl groups excluding tert-OH is 2. The molecule has 0 bridgehead atoms. The van der Waals surface area contributed by atoms with Gasteiger partial charge in [0.15, 0.2) is 22.7 Å². The smallest absolute Gasteiger partial charge is 0.339 e. The Morgan fingerprint density at radius 1 is 0.745 bits per heavy atom. The van der Waals surface area contributed by atoms with E-state index in [9.17, 15) is 35.2 Å². The number of non-ortho nitro benzene ring substituents is 2. The quantitative estimate of drug-likeness (QED) is 0.120. The molecule has 0 aliphatic heterocycles. The predicted molar refractivity (Wildman–Crippen MR) is 180 cm³/mol. The molecule has 2 aromatic rings. The Morgan fingerprint density at radius 2 is 1.19 bits per heavy atom. The molecule has 6 atom stereocenters. The number of benzene rings is 2. The molecule has 0 heterocycles. The van der Waals surface area contributed by atoms with Crippen LogP contribution >= 0.6 is 0 Å². The molecule has 1 saturated carbocycles. The highest BCUT2D eigenvalue weighted by Crippen LogP contribution is 2.44. The molecule has 0 unspecified atom stereocenters. The topological polar surface area (TPSA) is 181 Å². The zero-order valence-corrected chi connectivity index (χ0v) is 30.8. The van der Waals surface area contributed by atoms with E-state index in [0.717, 1.165) is 23.8 Å². The van der Waals surface area contributed by atoms with Crippen LogP contribution in [0.25, 0.3) is 0 Å². The summed E-state index contributed by atoms with van der Waals surface area (Å²) in [4.78, 5) is 34.9. The Balaban J connectivity index is 2.16. The summed E-state index contributed by atoms with van der Waals surface area (Å²) in [6, 6.07) is 11.8. The summed E-state index contributed by atoms with van der Waals surface area (Å²) >= 11 is 0. The molecule has 13 nitrogen and oxygen atoms in total. The molecule has 15 heteroatoms. The van der Waals surface area contributed by atoms with Gasteiger partial charge in [-0.3, -0.25) is 20.2 Å². The maximum absolute atomic E-state index is 13.6. The molecule has 0 saturated heterocycles. The molecule has 0 aromatic heterocycles. The molecule has 47 heavy (non-hydrogen) atoms. The largest absolute Gasteiger partial charge is 0.453 e. The van der Waals surface area contributed by atoms with Crippen molar-refractivity contribution in [1.29, 1.82) is 0 Å². The lowest BCUT2D eigenvalue weighted by atomic mass is 9.84. The fraction of sp³-hybridized carbons (Fsp3) is 0.594. The summed E-state index contributed by atoms with van der Waals surface area (Å²) in [5.74, 6) is -1.18. The number of carbonyl (C=O) groups is 1. The lowest BCUT2D eigenvalue weighted by Crippen LogP contribution is -2.70. The Morgan fingerprint density at radius 3 is 1.64 bits per heavy atom. The number of nitrogens with zero attached hydrogens (tertiary/aromatic N) is 2. The molecule has 1 aliphatic rings. The number of rotatable bonds is 11. The van der Waals surface area contributed by atoms with Crippen molar-refractivity contribution in [1.82, 2.24) is 0 Å². The first-order chi connectivity index (χ1) is 21.5. The van der Waals surface area contributed by atoms with Crippen molar-refractivity contribution in [2.75, 3.05) is 0 Å². The molecule has 2 aromatic carbocycles. The van der Waals surface area contributed by atoms with E-state index in [2.05, 4.69) is 0 Å². The van der Waals surface area contributed by atoms with Crippen LogP contribution in [0.15, 0.2) is 48.5 Å². The van der Waals surface area contributed by atoms with Crippen molar-refractivity contribution >= 4 is 34.0 Å². The molecule has 0 spiro atoms. The summed E-state index contributed by atoms with van der Waals surface area (Å²) in [6.07, 6.45) is -8.15. The van der Waals surface area contributed by atoms with Crippen LogP contribution in [0.4, 0.5) is 11.4 Å². The third-order valence-corrected chi connectivity index (χ3v) is 18.5. The molecule has 0 amide bonds. The van der Waals surface area contributed by atoms with Crippen molar-refractivity contribution in [3.63, 3.8) is 0 Å². The van der Waals surface area contributed by atoms with Crippen LogP contribution in [0.2, 0.25) is 36.3 Å². The minimum atomic E-state index is -2.73. The van der Waals surface area contributed by atoms with Crippen LogP contribution in [0.3, 0.4) is 0 Å². The maximum Gasteiger partial charge on any atom is 0.339 e. The lowest BCUT2D eigenvalue weighted by molar-refractivity contribution is -0.394. The Kier molecular flexibility index (Phi) is 11.6. The highest BCUT2D eigenvalue weighted by atomic mass is 28.4. The monoisotopic (exact) mass is 692 g/mol. The van der Waals surface area contributed by atoms with Gasteiger partial charge in [0, 0.05) is 12.1 Å². The number of esters is 1. The molecular weight excluding hydrogens is 645 g/mol. The summed E-state index contributed by atoms with van der Waals surface area (Å²) in [7, 11) is -5.34. The van der Waals surface area contributed by atoms with Gasteiger partial charge in [-0.2, -0.15) is 0 Å². The zero-order valence-electron chi connectivity index (χ0n) is 28.8. The molecular formula is C32H48N2O11Si2. The SMILES string of the molecule is CC(C)(C)[Si](C)(C)O[C@@H]1[C@@H](OCc2ccccc2)[C@H](O[Si](C)(C)C(C)(C)C)[C@@H](O)[C@@H](O)[C@H]1OC(=O)c1cc([N+](=O)[O-])cc([N+](=O)[O-])c1. The third-order valence-electron chi connectivity index (χ3n) is 9.56. The summed E-state index contributed by atoms with van der Waals surface area (Å²) < 4.78 is 25.9. The van der Waals surface area contributed by atoms with Crippen LogP contribution in [-0.2, 0) is 24.9 Å². The highest BCUT2D eigenvalue weighted by molar-refractivity contribution is 6.74. The first-order valence-electron chi connectivity index (χ1n) is 15.5. The van der Waals surface area contributed by atoms with Gasteiger partial charge in [-0.05, 0) is 41.8 Å². The Bertz CT molecular complexity index is 1410. The molecule has 1 fully saturated rings. The lowest BCUT2D eigenvalue weighted by Gasteiger charge is -2.52. The van der Waals surface area contributed by atoms with Gasteiger partial charge >= 0.3 is 5.97 Å². The second-order valence-corrected chi connectivity index (χ2v) is 24.6. The van der Waals surface area contributed by atoms with Gasteiger partial charge in [-0.1, -0.05) is 71.9 Å². The van der Waals surface area contributed by atoms with E-state index in [1.165, 1.54) is 0 Å². The van der Waals surface area contributed by atoms with Crippen LogP contribution in [0, 0.1) is 20.2 Å². The molecule has 2 N–H and O–H groups in total. The number of hydrogen-bond acceptors (Lipinski definition) is 11. The van der Waals surface area contributed by atoms with Crippen molar-refractivity contribution in [3.8, 4) is 0 Å². The van der Waals surface area contributed by atoms with Crippen molar-refractivity contribution < 1.29 is 43.2 Å². The molecule has 0 radical (unpaired) electrons. The van der Waals surface area contributed by atoms with Crippen molar-refractivity contribution in [2.45, 2.75) is 121 Å². The van der Waals surface area contributed by atoms with E-state index < -0.39 is 86.0 Å². The van der Waals surface area contributed by atoms with Gasteiger partial charge in [0.05, 0.1) is 28.1 Å². The summed E-state index contributed by atoms with van der Waals surface area (Å²) in [5.41, 5.74) is -1.02. The first kappa shape index (κ1) is 38.4. The highest BCUT2D eigenvalue weighted by Gasteiger charge is 2.58. The van der Waals surface area contributed by atoms with Gasteiger partial charge in [-0.25, -0.2) is 4.79 Å². The predicted octanol–water partition coefficient (Wildman–Crippen LogP) is 6.13. The fourth-order valence-electron chi connectivity index (χ4n) is 4.66. The Labute approximate surface area is 277 Å². The zero-order chi connectivity index (χ0) is 35.7. The normalized spacial score (nSPS) is 24.1. The third kappa shape index (κ3) is 8.90. The molecule has 3 rings (SSSR count). The average Bonchev–Trinajstić information content (AvgIpc) is 2.96. The second kappa shape index (κ2) is 14.2. The first-order valence-corrected chi connectivity index (χ1v) is 21.3. The number of aliphatic hydroxyl groups is 2. The fourth-order valence-corrected chi connectivity index (χ4v) is 7.27. The van der Waals surface area contributed by atoms with Crippen LogP contribution in [0.1, 0.15) is 57.5 Å². The molecule has 1 aliphatic carbocycles. The van der Waals surface area contributed by atoms with E-state index in [0.29, 0.717) is 0 Å². The van der Waals surface area contributed by atoms with Gasteiger partial charge < -0.3 is 28.5 Å². The van der Waals surface area contributed by atoms with Crippen LogP contribution in [0.5, 0.6) is 0 Å². The van der Waals surface area contributed by atoms with E-state index in [1.807, 2.05) is 98.1 Å². The second-order valence-electron chi connectivity index (χ2n) is 15.1. The number of ether oxygens (including phenoxy) is 2. The van der Waals surface area contributed by atoms with E-state index in [1.54, 1.807) is 0 Å². The van der Waals surface area contributed by atoms with Crippen LogP contribution in [-0.4, -0.2) is 79.3 Å². The van der Waals surface area contributed by atoms with Gasteiger partial charge in [0.25, 0.3) is 11.4 Å². The van der Waals surface area contributed by atoms with Gasteiger partial charge in [-0.15, -0.1) is 0 Å². The minimum absolute atomic E-state index is 0.0841. The van der Waals surface area contributed by atoms with E-state index in [-0.39, 0.29) is 16.7 Å². The van der Waals surface area contributed by atoms with E-state index in [4.69, 9.17) is 18.3 Å². The minimum Gasteiger partial charge on any atom is -0.453 e. The summed E-state index contributed by atoms with van der Waals surface area (Å²) in [5, 5.41) is 45.7. The number of hydrogen-bond donors (Lipinski definition) is 2. The number of carbonyl (C=O) groups excluding carboxylic acids is 1.